The lowest BCUT2D eigenvalue weighted by atomic mass is 9.85. The number of aromatic nitrogens is 3. The van der Waals surface area contributed by atoms with Gasteiger partial charge in [-0.3, -0.25) is 15.5 Å². The quantitative estimate of drug-likeness (QED) is 0.438. The molecule has 4 heterocycles. The molecule has 0 unspecified atom stereocenters. The Kier molecular flexibility index (Phi) is 6.94. The zero-order valence-electron chi connectivity index (χ0n) is 19.3. The molecule has 2 aliphatic rings. The number of phenolic OH excluding ortho intramolecular Hbond substituents is 1. The van der Waals surface area contributed by atoms with Crippen LogP contribution in [0.3, 0.4) is 0 Å². The van der Waals surface area contributed by atoms with Gasteiger partial charge in [0.2, 0.25) is 0 Å². The van der Waals surface area contributed by atoms with Crippen molar-refractivity contribution in [2.75, 3.05) is 56.7 Å². The first-order valence-corrected chi connectivity index (χ1v) is 12.6. The van der Waals surface area contributed by atoms with Gasteiger partial charge in [0.05, 0.1) is 48.2 Å². The summed E-state index contributed by atoms with van der Waals surface area (Å²) in [7, 11) is 0. The minimum Gasteiger partial charge on any atom is -0.506 e. The van der Waals surface area contributed by atoms with E-state index in [9.17, 15) is 9.90 Å². The van der Waals surface area contributed by atoms with Crippen LogP contribution in [0.2, 0.25) is 5.02 Å². The van der Waals surface area contributed by atoms with Crippen molar-refractivity contribution >= 4 is 39.9 Å². The number of carbonyl (C=O) groups excluding carboxylic acids is 1. The number of aromatic hydroxyl groups is 1. The Labute approximate surface area is 211 Å². The van der Waals surface area contributed by atoms with Crippen LogP contribution in [0.4, 0.5) is 15.7 Å². The van der Waals surface area contributed by atoms with E-state index in [1.165, 1.54) is 17.4 Å². The molecule has 2 amide bonds. The molecule has 0 atom stereocenters. The van der Waals surface area contributed by atoms with E-state index in [1.807, 2.05) is 6.07 Å². The predicted octanol–water partition coefficient (Wildman–Crippen LogP) is 3.49. The van der Waals surface area contributed by atoms with E-state index in [4.69, 9.17) is 26.2 Å². The molecular formula is C23H27ClN6O4S. The Morgan fingerprint density at radius 1 is 1.23 bits per heavy atom. The number of rotatable bonds is 7. The molecule has 186 valence electrons. The summed E-state index contributed by atoms with van der Waals surface area (Å²) >= 11 is 7.58. The number of anilines is 2. The SMILES string of the molecule is CC1(c2cc(NC(=O)Nc3ncc(CCN4CCOCC4)s3)n(-c3ccc(O)c(Cl)c3)n2)COC1. The van der Waals surface area contributed by atoms with E-state index in [2.05, 4.69) is 27.4 Å². The average Bonchev–Trinajstić information content (AvgIpc) is 3.46. The second-order valence-electron chi connectivity index (χ2n) is 8.93. The molecule has 5 rings (SSSR count). The van der Waals surface area contributed by atoms with Gasteiger partial charge in [0.1, 0.15) is 11.6 Å². The van der Waals surface area contributed by atoms with Crippen molar-refractivity contribution in [3.63, 3.8) is 0 Å². The summed E-state index contributed by atoms with van der Waals surface area (Å²) in [5.74, 6) is 0.444. The first-order chi connectivity index (χ1) is 16.9. The van der Waals surface area contributed by atoms with Crippen LogP contribution in [0.15, 0.2) is 30.5 Å². The number of carbonyl (C=O) groups is 1. The summed E-state index contributed by atoms with van der Waals surface area (Å²) in [5, 5.41) is 20.9. The number of nitrogens with one attached hydrogen (secondary N) is 2. The van der Waals surface area contributed by atoms with Gasteiger partial charge in [0.25, 0.3) is 0 Å². The summed E-state index contributed by atoms with van der Waals surface area (Å²) in [6.45, 7) is 7.55. The summed E-state index contributed by atoms with van der Waals surface area (Å²) in [4.78, 5) is 20.7. The molecule has 35 heavy (non-hydrogen) atoms. The number of thiazole rings is 1. The molecular weight excluding hydrogens is 492 g/mol. The summed E-state index contributed by atoms with van der Waals surface area (Å²) in [5.41, 5.74) is 1.17. The van der Waals surface area contributed by atoms with Gasteiger partial charge in [0, 0.05) is 36.8 Å². The number of urea groups is 1. The maximum absolute atomic E-state index is 12.8. The molecule has 3 aromatic rings. The molecule has 1 aromatic carbocycles. The van der Waals surface area contributed by atoms with Crippen molar-refractivity contribution in [3.8, 4) is 11.4 Å². The van der Waals surface area contributed by atoms with Gasteiger partial charge in [-0.15, -0.1) is 11.3 Å². The molecule has 0 saturated carbocycles. The van der Waals surface area contributed by atoms with Crippen LogP contribution >= 0.6 is 22.9 Å². The Hall–Kier alpha value is -2.70. The lowest BCUT2D eigenvalue weighted by molar-refractivity contribution is -0.0522. The zero-order valence-corrected chi connectivity index (χ0v) is 20.9. The van der Waals surface area contributed by atoms with Gasteiger partial charge in [0.15, 0.2) is 5.13 Å². The molecule has 0 radical (unpaired) electrons. The van der Waals surface area contributed by atoms with Crippen molar-refractivity contribution in [1.82, 2.24) is 19.7 Å². The zero-order chi connectivity index (χ0) is 24.4. The van der Waals surface area contributed by atoms with E-state index in [1.54, 1.807) is 23.0 Å². The predicted molar refractivity (Wildman–Crippen MR) is 134 cm³/mol. The van der Waals surface area contributed by atoms with E-state index in [0.717, 1.165) is 49.8 Å². The number of ether oxygens (including phenoxy) is 2. The van der Waals surface area contributed by atoms with E-state index >= 15 is 0 Å². The van der Waals surface area contributed by atoms with E-state index in [0.29, 0.717) is 29.9 Å². The average molecular weight is 519 g/mol. The molecule has 10 nitrogen and oxygen atoms in total. The fraction of sp³-hybridized carbons (Fsp3) is 0.435. The molecule has 2 saturated heterocycles. The lowest BCUT2D eigenvalue weighted by Gasteiger charge is -2.36. The molecule has 0 spiro atoms. The minimum absolute atomic E-state index is 0.0254. The van der Waals surface area contributed by atoms with Gasteiger partial charge < -0.3 is 14.6 Å². The van der Waals surface area contributed by atoms with Gasteiger partial charge in [-0.2, -0.15) is 5.10 Å². The smallest absolute Gasteiger partial charge is 0.326 e. The fourth-order valence-corrected chi connectivity index (χ4v) is 4.94. The molecule has 3 N–H and O–H groups in total. The number of morpholine rings is 1. The number of nitrogens with zero attached hydrogens (tertiary/aromatic N) is 4. The topological polar surface area (TPSA) is 114 Å². The Morgan fingerprint density at radius 2 is 2.03 bits per heavy atom. The third-order valence-corrected chi connectivity index (χ3v) is 7.41. The Morgan fingerprint density at radius 3 is 2.74 bits per heavy atom. The first-order valence-electron chi connectivity index (χ1n) is 11.4. The highest BCUT2D eigenvalue weighted by Gasteiger charge is 2.38. The second kappa shape index (κ2) is 10.1. The van der Waals surface area contributed by atoms with Crippen molar-refractivity contribution in [1.29, 1.82) is 0 Å². The normalized spacial score (nSPS) is 17.7. The molecule has 0 aliphatic carbocycles. The molecule has 12 heteroatoms. The number of phenols is 1. The standard InChI is InChI=1S/C23H27ClN6O4S/c1-23(13-34-14-23)19-11-20(30(28-19)15-2-3-18(31)17(24)10-15)26-21(32)27-22-25-12-16(35-22)4-5-29-6-8-33-9-7-29/h2-3,10-12,31H,4-9,13-14H2,1H3,(H2,25,26,27,32). The van der Waals surface area contributed by atoms with Crippen LogP contribution < -0.4 is 10.6 Å². The minimum atomic E-state index is -0.424. The van der Waals surface area contributed by atoms with Crippen LogP contribution in [0.1, 0.15) is 17.5 Å². The number of hydrogen-bond donors (Lipinski definition) is 3. The number of benzene rings is 1. The third-order valence-electron chi connectivity index (χ3n) is 6.14. The largest absolute Gasteiger partial charge is 0.506 e. The van der Waals surface area contributed by atoms with Crippen molar-refractivity contribution in [3.05, 3.63) is 46.1 Å². The summed E-state index contributed by atoms with van der Waals surface area (Å²) in [6.07, 6.45) is 2.68. The van der Waals surface area contributed by atoms with Crippen LogP contribution in [0.5, 0.6) is 5.75 Å². The lowest BCUT2D eigenvalue weighted by Crippen LogP contribution is -2.44. The molecule has 2 aromatic heterocycles. The summed E-state index contributed by atoms with van der Waals surface area (Å²) in [6, 6.07) is 6.18. The third kappa shape index (κ3) is 5.44. The van der Waals surface area contributed by atoms with Crippen LogP contribution in [0.25, 0.3) is 5.69 Å². The first kappa shape index (κ1) is 24.0. The van der Waals surface area contributed by atoms with Crippen molar-refractivity contribution in [2.24, 2.45) is 0 Å². The van der Waals surface area contributed by atoms with Crippen LogP contribution in [-0.4, -0.2) is 76.9 Å². The monoisotopic (exact) mass is 518 g/mol. The fourth-order valence-electron chi connectivity index (χ4n) is 3.96. The maximum atomic E-state index is 12.8. The Bertz CT molecular complexity index is 1200. The highest BCUT2D eigenvalue weighted by atomic mass is 35.5. The molecule has 2 aliphatic heterocycles. The van der Waals surface area contributed by atoms with Crippen molar-refractivity contribution in [2.45, 2.75) is 18.8 Å². The highest BCUT2D eigenvalue weighted by Crippen LogP contribution is 2.34. The van der Waals surface area contributed by atoms with Gasteiger partial charge in [-0.25, -0.2) is 14.5 Å². The summed E-state index contributed by atoms with van der Waals surface area (Å²) < 4.78 is 12.4. The molecule has 2 fully saturated rings. The maximum Gasteiger partial charge on any atom is 0.326 e. The van der Waals surface area contributed by atoms with Crippen molar-refractivity contribution < 1.29 is 19.4 Å². The van der Waals surface area contributed by atoms with Gasteiger partial charge >= 0.3 is 6.03 Å². The number of amides is 2. The van der Waals surface area contributed by atoms with Gasteiger partial charge in [-0.1, -0.05) is 11.6 Å². The van der Waals surface area contributed by atoms with Crippen LogP contribution in [-0.2, 0) is 21.3 Å². The number of halogens is 1. The van der Waals surface area contributed by atoms with E-state index < -0.39 is 6.03 Å². The second-order valence-corrected chi connectivity index (χ2v) is 10.5. The highest BCUT2D eigenvalue weighted by molar-refractivity contribution is 7.15. The number of hydrogen-bond acceptors (Lipinski definition) is 8. The van der Waals surface area contributed by atoms with Crippen LogP contribution in [0, 0.1) is 0 Å². The van der Waals surface area contributed by atoms with E-state index in [-0.39, 0.29) is 16.2 Å². The Balaban J connectivity index is 1.28. The molecule has 0 bridgehead atoms. The van der Waals surface area contributed by atoms with Gasteiger partial charge in [-0.05, 0) is 31.5 Å².